The van der Waals surface area contributed by atoms with E-state index in [-0.39, 0.29) is 5.82 Å². The summed E-state index contributed by atoms with van der Waals surface area (Å²) in [6.07, 6.45) is 7.34. The number of rotatable bonds is 8. The first-order valence-electron chi connectivity index (χ1n) is 11.1. The molecule has 0 spiro atoms. The Hall–Kier alpha value is -4.01. The summed E-state index contributed by atoms with van der Waals surface area (Å²) in [6, 6.07) is 14.4. The molecule has 0 fully saturated rings. The van der Waals surface area contributed by atoms with Crippen molar-refractivity contribution in [2.75, 3.05) is 11.5 Å². The van der Waals surface area contributed by atoms with Crippen LogP contribution in [0.5, 0.6) is 0 Å². The largest absolute Gasteiger partial charge is 0.478 e. The fourth-order valence-electron chi connectivity index (χ4n) is 2.91. The van der Waals surface area contributed by atoms with E-state index >= 15 is 0 Å². The molecule has 182 valence electrons. The monoisotopic (exact) mass is 467 g/mol. The standard InChI is InChI=1S/2C11H14O2.C3H5N5/c2*1-2-3-6-9-7-4-5-8-10(9)11(12)13;4-2-1-6-8-7-3(2)5/h2*4-5,7-8H,2-3,6H2,1H3,(H,12,13);1H,(H2,4,8)(H2,5,6,7). The second kappa shape index (κ2) is 15.7. The van der Waals surface area contributed by atoms with Crippen molar-refractivity contribution in [3.05, 3.63) is 77.0 Å². The molecule has 0 aliphatic rings. The quantitative estimate of drug-likeness (QED) is 0.373. The molecule has 3 aromatic rings. The summed E-state index contributed by atoms with van der Waals surface area (Å²) in [5.74, 6) is -1.43. The SMILES string of the molecule is CCCCc1ccccc1C(=O)O.CCCCc1ccccc1C(=O)O.Nc1cnnnc1N. The van der Waals surface area contributed by atoms with Crippen LogP contribution in [0.1, 0.15) is 71.4 Å². The molecule has 0 atom stereocenters. The lowest BCUT2D eigenvalue weighted by atomic mass is 10.0. The van der Waals surface area contributed by atoms with Crippen molar-refractivity contribution in [2.24, 2.45) is 0 Å². The van der Waals surface area contributed by atoms with Crippen LogP contribution >= 0.6 is 0 Å². The lowest BCUT2D eigenvalue weighted by Crippen LogP contribution is -2.01. The van der Waals surface area contributed by atoms with Crippen LogP contribution in [-0.4, -0.2) is 37.6 Å². The van der Waals surface area contributed by atoms with Crippen molar-refractivity contribution >= 4 is 23.4 Å². The molecule has 0 amide bonds. The van der Waals surface area contributed by atoms with E-state index < -0.39 is 11.9 Å². The summed E-state index contributed by atoms with van der Waals surface area (Å²) in [5, 5.41) is 27.7. The van der Waals surface area contributed by atoms with Gasteiger partial charge < -0.3 is 21.7 Å². The number of aromatic carboxylic acids is 2. The highest BCUT2D eigenvalue weighted by atomic mass is 16.4. The van der Waals surface area contributed by atoms with Crippen LogP contribution in [0.3, 0.4) is 0 Å². The van der Waals surface area contributed by atoms with Crippen molar-refractivity contribution in [3.8, 4) is 0 Å². The molecule has 0 bridgehead atoms. The third-order valence-corrected chi connectivity index (χ3v) is 4.79. The Bertz CT molecular complexity index is 961. The molecule has 34 heavy (non-hydrogen) atoms. The summed E-state index contributed by atoms with van der Waals surface area (Å²) in [4.78, 5) is 21.6. The number of carboxylic acids is 2. The Morgan fingerprint density at radius 1 is 0.794 bits per heavy atom. The molecule has 0 radical (unpaired) electrons. The third-order valence-electron chi connectivity index (χ3n) is 4.79. The van der Waals surface area contributed by atoms with Gasteiger partial charge in [0.1, 0.15) is 0 Å². The minimum atomic E-state index is -0.827. The van der Waals surface area contributed by atoms with Crippen molar-refractivity contribution in [3.63, 3.8) is 0 Å². The third kappa shape index (κ3) is 10.1. The predicted molar refractivity (Wildman–Crippen MR) is 133 cm³/mol. The van der Waals surface area contributed by atoms with Gasteiger partial charge in [0.15, 0.2) is 5.82 Å². The molecule has 0 saturated heterocycles. The lowest BCUT2D eigenvalue weighted by molar-refractivity contribution is 0.0684. The number of nitrogens with two attached hydrogens (primary N) is 2. The summed E-state index contributed by atoms with van der Waals surface area (Å²) in [7, 11) is 0. The maximum Gasteiger partial charge on any atom is 0.335 e. The van der Waals surface area contributed by atoms with Gasteiger partial charge in [-0.05, 0) is 54.2 Å². The number of nitrogens with zero attached hydrogens (tertiary/aromatic N) is 3. The van der Waals surface area contributed by atoms with Gasteiger partial charge in [0.2, 0.25) is 0 Å². The van der Waals surface area contributed by atoms with Crippen molar-refractivity contribution in [2.45, 2.75) is 52.4 Å². The molecule has 0 unspecified atom stereocenters. The average molecular weight is 468 g/mol. The maximum absolute atomic E-state index is 10.8. The van der Waals surface area contributed by atoms with E-state index in [2.05, 4.69) is 29.3 Å². The zero-order valence-corrected chi connectivity index (χ0v) is 19.6. The Labute approximate surface area is 199 Å². The number of carboxylic acid groups (broad SMARTS) is 2. The second-order valence-electron chi connectivity index (χ2n) is 7.41. The number of hydrogen-bond acceptors (Lipinski definition) is 7. The van der Waals surface area contributed by atoms with Gasteiger partial charge in [0.05, 0.1) is 23.0 Å². The van der Waals surface area contributed by atoms with Gasteiger partial charge in [-0.3, -0.25) is 0 Å². The van der Waals surface area contributed by atoms with E-state index in [1.807, 2.05) is 24.3 Å². The minimum absolute atomic E-state index is 0.222. The van der Waals surface area contributed by atoms with E-state index in [1.54, 1.807) is 24.3 Å². The molecule has 1 aromatic heterocycles. The summed E-state index contributed by atoms with van der Waals surface area (Å²) >= 11 is 0. The predicted octanol–water partition coefficient (Wildman–Crippen LogP) is 4.49. The van der Waals surface area contributed by atoms with Gasteiger partial charge in [-0.1, -0.05) is 63.1 Å². The Morgan fingerprint density at radius 2 is 1.24 bits per heavy atom. The van der Waals surface area contributed by atoms with Gasteiger partial charge in [-0.25, -0.2) is 9.59 Å². The van der Waals surface area contributed by atoms with Crippen LogP contribution < -0.4 is 11.5 Å². The number of anilines is 2. The normalized spacial score (nSPS) is 9.71. The van der Waals surface area contributed by atoms with Crippen LogP contribution in [0.2, 0.25) is 0 Å². The molecule has 0 aliphatic carbocycles. The molecular formula is C25H33N5O4. The van der Waals surface area contributed by atoms with E-state index in [9.17, 15) is 9.59 Å². The first-order valence-corrected chi connectivity index (χ1v) is 11.1. The van der Waals surface area contributed by atoms with Gasteiger partial charge in [0.25, 0.3) is 0 Å². The number of aromatic nitrogens is 3. The Balaban J connectivity index is 0.000000263. The zero-order chi connectivity index (χ0) is 25.3. The highest BCUT2D eigenvalue weighted by molar-refractivity contribution is 5.89. The van der Waals surface area contributed by atoms with Gasteiger partial charge >= 0.3 is 11.9 Å². The summed E-state index contributed by atoms with van der Waals surface area (Å²) in [6.45, 7) is 4.20. The second-order valence-corrected chi connectivity index (χ2v) is 7.41. The molecule has 9 nitrogen and oxygen atoms in total. The molecule has 0 saturated carbocycles. The molecular weight excluding hydrogens is 434 g/mol. The van der Waals surface area contributed by atoms with E-state index in [1.165, 1.54) is 6.20 Å². The first kappa shape index (κ1) is 28.0. The van der Waals surface area contributed by atoms with Crippen molar-refractivity contribution < 1.29 is 19.8 Å². The van der Waals surface area contributed by atoms with Crippen LogP contribution in [0.15, 0.2) is 54.7 Å². The van der Waals surface area contributed by atoms with E-state index in [0.717, 1.165) is 49.7 Å². The molecule has 3 rings (SSSR count). The van der Waals surface area contributed by atoms with Crippen molar-refractivity contribution in [1.29, 1.82) is 0 Å². The number of aryl methyl sites for hydroxylation is 2. The fraction of sp³-hybridized carbons (Fsp3) is 0.320. The van der Waals surface area contributed by atoms with E-state index in [4.69, 9.17) is 21.7 Å². The van der Waals surface area contributed by atoms with Crippen LogP contribution in [0.4, 0.5) is 11.5 Å². The van der Waals surface area contributed by atoms with Gasteiger partial charge in [0, 0.05) is 0 Å². The average Bonchev–Trinajstić information content (AvgIpc) is 2.84. The topological polar surface area (TPSA) is 165 Å². The number of unbranched alkanes of at least 4 members (excludes halogenated alkanes) is 2. The molecule has 6 N–H and O–H groups in total. The number of nitrogen functional groups attached to an aromatic ring is 2. The lowest BCUT2D eigenvalue weighted by Gasteiger charge is -2.03. The number of hydrogen-bond donors (Lipinski definition) is 4. The Morgan fingerprint density at radius 3 is 1.56 bits per heavy atom. The smallest absolute Gasteiger partial charge is 0.335 e. The maximum atomic E-state index is 10.8. The number of benzene rings is 2. The summed E-state index contributed by atoms with van der Waals surface area (Å²) < 4.78 is 0. The Kier molecular flexibility index (Phi) is 13.0. The van der Waals surface area contributed by atoms with E-state index in [0.29, 0.717) is 16.8 Å². The molecule has 2 aromatic carbocycles. The molecule has 9 heteroatoms. The molecule has 1 heterocycles. The fourth-order valence-corrected chi connectivity index (χ4v) is 2.91. The summed E-state index contributed by atoms with van der Waals surface area (Å²) in [5.41, 5.74) is 13.5. The van der Waals surface area contributed by atoms with Gasteiger partial charge in [-0.2, -0.15) is 0 Å². The first-order chi connectivity index (χ1) is 16.3. The molecule has 0 aliphatic heterocycles. The minimum Gasteiger partial charge on any atom is -0.478 e. The van der Waals surface area contributed by atoms with Crippen LogP contribution in [0.25, 0.3) is 0 Å². The van der Waals surface area contributed by atoms with Crippen LogP contribution in [0, 0.1) is 0 Å². The van der Waals surface area contributed by atoms with Crippen LogP contribution in [-0.2, 0) is 12.8 Å². The number of carbonyl (C=O) groups is 2. The highest BCUT2D eigenvalue weighted by Gasteiger charge is 2.08. The van der Waals surface area contributed by atoms with Gasteiger partial charge in [-0.15, -0.1) is 10.2 Å². The highest BCUT2D eigenvalue weighted by Crippen LogP contribution is 2.12. The zero-order valence-electron chi connectivity index (χ0n) is 19.6. The van der Waals surface area contributed by atoms with Crippen molar-refractivity contribution in [1.82, 2.24) is 15.4 Å².